The Morgan fingerprint density at radius 1 is 0.617 bits per heavy atom. The molecule has 1 aromatic heterocycles. The quantitative estimate of drug-likeness (QED) is 0.289. The largest absolute Gasteiger partial charge is 0.341 e. The summed E-state index contributed by atoms with van der Waals surface area (Å²) in [5, 5.41) is 9.93. The molecular formula is C37H71N9O. The third kappa shape index (κ3) is 8.89. The van der Waals surface area contributed by atoms with Crippen LogP contribution < -0.4 is 25.3 Å². The molecule has 270 valence electrons. The van der Waals surface area contributed by atoms with Crippen molar-refractivity contribution >= 4 is 17.8 Å². The van der Waals surface area contributed by atoms with Gasteiger partial charge in [0.15, 0.2) is 0 Å². The number of hydroxylamine groups is 2. The van der Waals surface area contributed by atoms with Crippen LogP contribution in [0.5, 0.6) is 0 Å². The topological polar surface area (TPSA) is 84.9 Å². The maximum atomic E-state index is 5.95. The monoisotopic (exact) mass is 658 g/mol. The molecule has 47 heavy (non-hydrogen) atoms. The average Bonchev–Trinajstić information content (AvgIpc) is 2.87. The lowest BCUT2D eigenvalue weighted by atomic mass is 9.78. The molecule has 0 radical (unpaired) electrons. The van der Waals surface area contributed by atoms with Gasteiger partial charge in [0, 0.05) is 72.0 Å². The van der Waals surface area contributed by atoms with Crippen LogP contribution in [0, 0.1) is 0 Å². The first kappa shape index (κ1) is 38.1. The molecule has 4 rings (SSSR count). The van der Waals surface area contributed by atoms with Crippen LogP contribution in [0.15, 0.2) is 0 Å². The van der Waals surface area contributed by atoms with E-state index in [4.69, 9.17) is 19.8 Å². The molecule has 3 aliphatic rings. The molecule has 0 aliphatic carbocycles. The molecular weight excluding hydrogens is 586 g/mol. The van der Waals surface area contributed by atoms with Gasteiger partial charge in [-0.05, 0) is 128 Å². The van der Waals surface area contributed by atoms with Crippen LogP contribution in [0.25, 0.3) is 0 Å². The number of aromatic nitrogens is 3. The zero-order chi connectivity index (χ0) is 35.4. The number of rotatable bonds is 10. The minimum Gasteiger partial charge on any atom is -0.341 e. The van der Waals surface area contributed by atoms with E-state index in [1.165, 1.54) is 0 Å². The third-order valence-electron chi connectivity index (χ3n) is 10.9. The van der Waals surface area contributed by atoms with Gasteiger partial charge in [0.25, 0.3) is 0 Å². The van der Waals surface area contributed by atoms with Crippen molar-refractivity contribution in [3.8, 4) is 0 Å². The molecule has 0 amide bonds. The fraction of sp³-hybridized carbons (Fsp3) is 0.919. The number of nitrogens with one attached hydrogen (secondary N) is 2. The Bertz CT molecular complexity index is 1180. The minimum absolute atomic E-state index is 0.0158. The van der Waals surface area contributed by atoms with Gasteiger partial charge in [0.1, 0.15) is 0 Å². The van der Waals surface area contributed by atoms with Crippen molar-refractivity contribution in [3.63, 3.8) is 0 Å². The second-order valence-electron chi connectivity index (χ2n) is 19.1. The molecule has 10 nitrogen and oxygen atoms in total. The molecule has 3 aliphatic heterocycles. The molecule has 10 heteroatoms. The zero-order valence-corrected chi connectivity index (χ0v) is 33.1. The van der Waals surface area contributed by atoms with Gasteiger partial charge in [-0.2, -0.15) is 20.0 Å². The maximum absolute atomic E-state index is 5.95. The van der Waals surface area contributed by atoms with Gasteiger partial charge in [0.05, 0.1) is 7.11 Å². The van der Waals surface area contributed by atoms with E-state index in [2.05, 4.69) is 135 Å². The second kappa shape index (κ2) is 13.2. The average molecular weight is 658 g/mol. The van der Waals surface area contributed by atoms with Gasteiger partial charge in [-0.25, -0.2) is 0 Å². The van der Waals surface area contributed by atoms with Gasteiger partial charge < -0.3 is 30.2 Å². The number of piperidine rings is 3. The van der Waals surface area contributed by atoms with Crippen LogP contribution in [0.3, 0.4) is 0 Å². The van der Waals surface area contributed by atoms with E-state index >= 15 is 0 Å². The summed E-state index contributed by atoms with van der Waals surface area (Å²) in [7, 11) is 6.18. The number of nitrogens with zero attached hydrogens (tertiary/aromatic N) is 7. The summed E-state index contributed by atoms with van der Waals surface area (Å²) in [6.07, 6.45) is 8.23. The lowest BCUT2D eigenvalue weighted by Crippen LogP contribution is -2.63. The van der Waals surface area contributed by atoms with E-state index in [1.54, 1.807) is 7.11 Å². The highest BCUT2D eigenvalue weighted by molar-refractivity contribution is 5.48. The van der Waals surface area contributed by atoms with E-state index in [0.717, 1.165) is 75.8 Å². The van der Waals surface area contributed by atoms with Crippen LogP contribution in [0.1, 0.15) is 141 Å². The number of hydrogen-bond donors (Lipinski definition) is 2. The molecule has 3 fully saturated rings. The van der Waals surface area contributed by atoms with Crippen molar-refractivity contribution in [2.45, 2.75) is 193 Å². The Kier molecular flexibility index (Phi) is 10.7. The van der Waals surface area contributed by atoms with Crippen molar-refractivity contribution in [2.75, 3.05) is 42.4 Å². The number of anilines is 3. The number of hydrogen-bond acceptors (Lipinski definition) is 10. The summed E-state index contributed by atoms with van der Waals surface area (Å²) >= 11 is 0. The smallest absolute Gasteiger partial charge is 0.232 e. The second-order valence-corrected chi connectivity index (χ2v) is 19.1. The first-order chi connectivity index (χ1) is 21.4. The molecule has 0 unspecified atom stereocenters. The molecule has 2 N–H and O–H groups in total. The van der Waals surface area contributed by atoms with Crippen molar-refractivity contribution in [1.29, 1.82) is 0 Å². The van der Waals surface area contributed by atoms with Gasteiger partial charge >= 0.3 is 0 Å². The van der Waals surface area contributed by atoms with E-state index in [1.807, 2.05) is 0 Å². The molecule has 0 atom stereocenters. The summed E-state index contributed by atoms with van der Waals surface area (Å²) in [4.78, 5) is 29.2. The van der Waals surface area contributed by atoms with Crippen LogP contribution in [-0.4, -0.2) is 99.1 Å². The Balaban J connectivity index is 1.82. The predicted octanol–water partition coefficient (Wildman–Crippen LogP) is 6.55. The molecule has 1 aromatic rings. The first-order valence-corrected chi connectivity index (χ1v) is 18.3. The molecule has 0 spiro atoms. The summed E-state index contributed by atoms with van der Waals surface area (Å²) in [5.74, 6) is 2.36. The van der Waals surface area contributed by atoms with E-state index in [-0.39, 0.29) is 39.3 Å². The van der Waals surface area contributed by atoms with E-state index in [9.17, 15) is 0 Å². The van der Waals surface area contributed by atoms with Crippen LogP contribution in [0.2, 0.25) is 0 Å². The van der Waals surface area contributed by atoms with Crippen molar-refractivity contribution in [1.82, 2.24) is 30.6 Å². The van der Waals surface area contributed by atoms with E-state index < -0.39 is 0 Å². The molecule has 0 bridgehead atoms. The van der Waals surface area contributed by atoms with Crippen LogP contribution in [-0.2, 0) is 4.84 Å². The predicted molar refractivity (Wildman–Crippen MR) is 198 cm³/mol. The third-order valence-corrected chi connectivity index (χ3v) is 10.9. The Hall–Kier alpha value is -1.75. The van der Waals surface area contributed by atoms with Crippen LogP contribution in [0.4, 0.5) is 17.8 Å². The maximum Gasteiger partial charge on any atom is 0.232 e. The fourth-order valence-corrected chi connectivity index (χ4v) is 9.90. The Labute approximate surface area is 288 Å². The lowest BCUT2D eigenvalue weighted by molar-refractivity contribution is -0.266. The standard InChI is InChI=1S/C37H71N9O/c1-17-18-19-45(28-22-34(6,7)42-35(8,9)23-28)31-39-29(43(14)26-20-32(2,3)41-33(4,5)21-26)38-30(40-31)44(15)27-24-36(10,11)46(47-16)37(12,13)25-27/h26-28,41-42H,17-25H2,1-16H3. The summed E-state index contributed by atoms with van der Waals surface area (Å²) < 4.78 is 0. The van der Waals surface area contributed by atoms with Crippen LogP contribution >= 0.6 is 0 Å². The highest BCUT2D eigenvalue weighted by Gasteiger charge is 2.48. The minimum atomic E-state index is -0.142. The number of unbranched alkanes of at least 4 members (excludes halogenated alkanes) is 1. The molecule has 4 heterocycles. The van der Waals surface area contributed by atoms with Gasteiger partial charge in [-0.1, -0.05) is 13.3 Å². The fourth-order valence-electron chi connectivity index (χ4n) is 9.90. The normalized spacial score (nSPS) is 25.8. The van der Waals surface area contributed by atoms with Crippen molar-refractivity contribution in [3.05, 3.63) is 0 Å². The van der Waals surface area contributed by atoms with Gasteiger partial charge in [0.2, 0.25) is 17.8 Å². The Morgan fingerprint density at radius 3 is 1.36 bits per heavy atom. The highest BCUT2D eigenvalue weighted by atomic mass is 16.7. The van der Waals surface area contributed by atoms with E-state index in [0.29, 0.717) is 12.1 Å². The SMILES string of the molecule is CCCCN(c1nc(N(C)C2CC(C)(C)NC(C)(C)C2)nc(N(C)C2CC(C)(C)N(OC)C(C)(C)C2)n1)C1CC(C)(C)NC(C)(C)C1. The van der Waals surface area contributed by atoms with Crippen molar-refractivity contribution in [2.24, 2.45) is 0 Å². The molecule has 3 saturated heterocycles. The zero-order valence-electron chi connectivity index (χ0n) is 33.1. The van der Waals surface area contributed by atoms with Gasteiger partial charge in [-0.3, -0.25) is 0 Å². The first-order valence-electron chi connectivity index (χ1n) is 18.3. The summed E-state index contributed by atoms with van der Waals surface area (Å²) in [6, 6.07) is 0.877. The summed E-state index contributed by atoms with van der Waals surface area (Å²) in [6.45, 7) is 30.9. The van der Waals surface area contributed by atoms with Crippen molar-refractivity contribution < 1.29 is 4.84 Å². The summed E-state index contributed by atoms with van der Waals surface area (Å²) in [5.41, 5.74) is -0.221. The molecule has 0 aromatic carbocycles. The lowest BCUT2D eigenvalue weighted by Gasteiger charge is -2.54. The van der Waals surface area contributed by atoms with Gasteiger partial charge in [-0.15, -0.1) is 0 Å². The molecule has 0 saturated carbocycles. The highest BCUT2D eigenvalue weighted by Crippen LogP contribution is 2.41. The Morgan fingerprint density at radius 2 is 0.979 bits per heavy atom.